The number of benzene rings is 1. The minimum absolute atomic E-state index is 0.479. The zero-order chi connectivity index (χ0) is 13.4. The molecule has 0 aliphatic carbocycles. The molecule has 1 unspecified atom stereocenters. The van der Waals surface area contributed by atoms with Crippen LogP contribution in [0.1, 0.15) is 20.3 Å². The van der Waals surface area contributed by atoms with E-state index in [1.54, 1.807) is 0 Å². The number of carboxylic acid groups (broad SMARTS) is 1. The topological polar surface area (TPSA) is 43.4 Å². The summed E-state index contributed by atoms with van der Waals surface area (Å²) in [5.74, 6) is -0.976. The largest absolute Gasteiger partial charge is 0.549 e. The van der Waals surface area contributed by atoms with Crippen molar-refractivity contribution < 1.29 is 9.90 Å². The molecule has 0 N–H and O–H groups in total. The van der Waals surface area contributed by atoms with Gasteiger partial charge in [0.25, 0.3) is 0 Å². The Hall–Kier alpha value is -1.00. The minimum atomic E-state index is -0.976. The van der Waals surface area contributed by atoms with Gasteiger partial charge < -0.3 is 14.8 Å². The van der Waals surface area contributed by atoms with Crippen LogP contribution >= 0.6 is 11.8 Å². The van der Waals surface area contributed by atoms with Crippen LogP contribution in [0.3, 0.4) is 0 Å². The van der Waals surface area contributed by atoms with Gasteiger partial charge >= 0.3 is 0 Å². The summed E-state index contributed by atoms with van der Waals surface area (Å²) in [6.07, 6.45) is 0.615. The van der Waals surface area contributed by atoms with E-state index in [1.165, 1.54) is 11.8 Å². The maximum atomic E-state index is 11.1. The van der Waals surface area contributed by atoms with Crippen molar-refractivity contribution in [1.29, 1.82) is 0 Å². The Labute approximate surface area is 113 Å². The third-order valence-corrected chi connectivity index (χ3v) is 4.14. The highest BCUT2D eigenvalue weighted by atomic mass is 32.2. The molecule has 4 heteroatoms. The Morgan fingerprint density at radius 2 is 1.89 bits per heavy atom. The lowest BCUT2D eigenvalue weighted by Gasteiger charge is -2.23. The first-order chi connectivity index (χ1) is 8.67. The van der Waals surface area contributed by atoms with Gasteiger partial charge in [-0.15, -0.1) is 11.8 Å². The molecule has 3 nitrogen and oxygen atoms in total. The molecule has 1 aromatic carbocycles. The van der Waals surface area contributed by atoms with Gasteiger partial charge in [-0.05, 0) is 38.2 Å². The molecule has 0 heterocycles. The quantitative estimate of drug-likeness (QED) is 0.671. The first-order valence-electron chi connectivity index (χ1n) is 6.32. The summed E-state index contributed by atoms with van der Waals surface area (Å²) >= 11 is 1.37. The van der Waals surface area contributed by atoms with Crippen molar-refractivity contribution in [1.82, 2.24) is 4.90 Å². The second kappa shape index (κ2) is 8.16. The van der Waals surface area contributed by atoms with Crippen LogP contribution in [0.4, 0.5) is 0 Å². The number of nitrogens with zero attached hydrogens (tertiary/aromatic N) is 1. The molecule has 0 aliphatic heterocycles. The van der Waals surface area contributed by atoms with Crippen LogP contribution in [0, 0.1) is 0 Å². The highest BCUT2D eigenvalue weighted by Crippen LogP contribution is 2.24. The fourth-order valence-electron chi connectivity index (χ4n) is 1.73. The van der Waals surface area contributed by atoms with E-state index in [9.17, 15) is 9.90 Å². The second-order valence-corrected chi connectivity index (χ2v) is 5.33. The van der Waals surface area contributed by atoms with Crippen LogP contribution in [0.2, 0.25) is 0 Å². The maximum absolute atomic E-state index is 11.1. The van der Waals surface area contributed by atoms with Gasteiger partial charge in [-0.2, -0.15) is 0 Å². The normalized spacial score (nSPS) is 12.6. The average molecular weight is 266 g/mol. The summed E-state index contributed by atoms with van der Waals surface area (Å²) in [5.41, 5.74) is 0. The summed E-state index contributed by atoms with van der Waals surface area (Å²) in [6.45, 7) is 6.87. The number of aliphatic carboxylic acids is 1. The van der Waals surface area contributed by atoms with E-state index in [-0.39, 0.29) is 0 Å². The molecule has 0 radical (unpaired) electrons. The van der Waals surface area contributed by atoms with E-state index >= 15 is 0 Å². The molecule has 0 bridgehead atoms. The summed E-state index contributed by atoms with van der Waals surface area (Å²) in [4.78, 5) is 14.3. The SMILES string of the molecule is CCN(CC)CCC(Sc1ccccc1)C(=O)[O-]. The standard InChI is InChI=1S/C14H21NO2S/c1-3-15(4-2)11-10-13(14(16)17)18-12-8-6-5-7-9-12/h5-9,13H,3-4,10-11H2,1-2H3,(H,16,17)/p-1. The van der Waals surface area contributed by atoms with Gasteiger partial charge in [0.15, 0.2) is 0 Å². The molecule has 1 rings (SSSR count). The van der Waals surface area contributed by atoms with Crippen molar-refractivity contribution in [3.05, 3.63) is 30.3 Å². The summed E-state index contributed by atoms with van der Waals surface area (Å²) in [6, 6.07) is 9.61. The first kappa shape index (κ1) is 15.1. The van der Waals surface area contributed by atoms with Gasteiger partial charge in [-0.1, -0.05) is 32.0 Å². The zero-order valence-electron chi connectivity index (χ0n) is 11.0. The Balaban J connectivity index is 2.53. The third-order valence-electron chi connectivity index (χ3n) is 2.89. The Morgan fingerprint density at radius 3 is 2.39 bits per heavy atom. The lowest BCUT2D eigenvalue weighted by Crippen LogP contribution is -2.36. The van der Waals surface area contributed by atoms with Crippen LogP contribution in [0.5, 0.6) is 0 Å². The number of carbonyl (C=O) groups excluding carboxylic acids is 1. The lowest BCUT2D eigenvalue weighted by atomic mass is 10.3. The van der Waals surface area contributed by atoms with Crippen LogP contribution in [0.25, 0.3) is 0 Å². The van der Waals surface area contributed by atoms with Crippen molar-refractivity contribution in [2.45, 2.75) is 30.4 Å². The predicted octanol–water partition coefficient (Wildman–Crippen LogP) is 1.63. The van der Waals surface area contributed by atoms with Crippen molar-refractivity contribution in [2.75, 3.05) is 19.6 Å². The number of rotatable bonds is 8. The summed E-state index contributed by atoms with van der Waals surface area (Å²) in [7, 11) is 0. The maximum Gasteiger partial charge on any atom is 0.0548 e. The van der Waals surface area contributed by atoms with E-state index in [1.807, 2.05) is 30.3 Å². The van der Waals surface area contributed by atoms with E-state index in [2.05, 4.69) is 18.7 Å². The van der Waals surface area contributed by atoms with Crippen molar-refractivity contribution in [3.8, 4) is 0 Å². The molecular formula is C14H20NO2S-. The Bertz CT molecular complexity index is 352. The van der Waals surface area contributed by atoms with Crippen LogP contribution in [-0.4, -0.2) is 35.8 Å². The summed E-state index contributed by atoms with van der Waals surface area (Å²) in [5, 5.41) is 10.7. The Morgan fingerprint density at radius 1 is 1.28 bits per heavy atom. The average Bonchev–Trinajstić information content (AvgIpc) is 2.39. The van der Waals surface area contributed by atoms with E-state index in [0.717, 1.165) is 24.5 Å². The van der Waals surface area contributed by atoms with E-state index < -0.39 is 11.2 Å². The number of hydrogen-bond acceptors (Lipinski definition) is 4. The molecule has 0 fully saturated rings. The summed E-state index contributed by atoms with van der Waals surface area (Å²) < 4.78 is 0. The van der Waals surface area contributed by atoms with Crippen molar-refractivity contribution in [3.63, 3.8) is 0 Å². The minimum Gasteiger partial charge on any atom is -0.549 e. The fourth-order valence-corrected chi connectivity index (χ4v) is 2.69. The number of carboxylic acids is 1. The molecular weight excluding hydrogens is 246 g/mol. The first-order valence-corrected chi connectivity index (χ1v) is 7.20. The number of carbonyl (C=O) groups is 1. The number of hydrogen-bond donors (Lipinski definition) is 0. The van der Waals surface area contributed by atoms with Crippen molar-refractivity contribution in [2.24, 2.45) is 0 Å². The van der Waals surface area contributed by atoms with Gasteiger partial charge in [-0.25, -0.2) is 0 Å². The van der Waals surface area contributed by atoms with Crippen LogP contribution in [0.15, 0.2) is 35.2 Å². The van der Waals surface area contributed by atoms with Gasteiger partial charge in [0.1, 0.15) is 0 Å². The molecule has 1 atom stereocenters. The number of thioether (sulfide) groups is 1. The molecule has 0 spiro atoms. The molecule has 100 valence electrons. The molecule has 0 aromatic heterocycles. The zero-order valence-corrected chi connectivity index (χ0v) is 11.8. The second-order valence-electron chi connectivity index (χ2n) is 4.05. The molecule has 0 saturated carbocycles. The highest BCUT2D eigenvalue weighted by Gasteiger charge is 2.13. The molecule has 0 saturated heterocycles. The molecule has 1 aromatic rings. The smallest absolute Gasteiger partial charge is 0.0548 e. The van der Waals surface area contributed by atoms with Gasteiger partial charge in [0, 0.05) is 4.90 Å². The van der Waals surface area contributed by atoms with E-state index in [0.29, 0.717) is 6.42 Å². The van der Waals surface area contributed by atoms with Crippen LogP contribution < -0.4 is 5.11 Å². The Kier molecular flexibility index (Phi) is 6.83. The third kappa shape index (κ3) is 5.10. The lowest BCUT2D eigenvalue weighted by molar-refractivity contribution is -0.304. The molecule has 0 aliphatic rings. The van der Waals surface area contributed by atoms with Crippen molar-refractivity contribution >= 4 is 17.7 Å². The van der Waals surface area contributed by atoms with E-state index in [4.69, 9.17) is 0 Å². The monoisotopic (exact) mass is 266 g/mol. The fraction of sp³-hybridized carbons (Fsp3) is 0.500. The molecule has 0 amide bonds. The molecule has 18 heavy (non-hydrogen) atoms. The van der Waals surface area contributed by atoms with Gasteiger partial charge in [-0.3, -0.25) is 0 Å². The van der Waals surface area contributed by atoms with Crippen LogP contribution in [-0.2, 0) is 4.79 Å². The van der Waals surface area contributed by atoms with Gasteiger partial charge in [0.2, 0.25) is 0 Å². The predicted molar refractivity (Wildman–Crippen MR) is 73.5 cm³/mol. The van der Waals surface area contributed by atoms with Gasteiger partial charge in [0.05, 0.1) is 11.2 Å². The highest BCUT2D eigenvalue weighted by molar-refractivity contribution is 8.00.